The Balaban J connectivity index is 1.73. The molecule has 2 rings (SSSR count). The van der Waals surface area contributed by atoms with E-state index in [1.54, 1.807) is 18.4 Å². The molecule has 1 aromatic carbocycles. The van der Waals surface area contributed by atoms with Crippen LogP contribution >= 0.6 is 11.3 Å². The molecule has 1 heterocycles. The fraction of sp³-hybridized carbons (Fsp3) is 0.353. The van der Waals surface area contributed by atoms with Crippen LogP contribution < -0.4 is 15.4 Å². The molecule has 0 spiro atoms. The number of thiophene rings is 1. The Kier molecular flexibility index (Phi) is 6.27. The van der Waals surface area contributed by atoms with Crippen LogP contribution in [0.25, 0.3) is 0 Å². The van der Waals surface area contributed by atoms with E-state index in [2.05, 4.69) is 58.4 Å². The Morgan fingerprint density at radius 3 is 2.59 bits per heavy atom. The third kappa shape index (κ3) is 4.77. The van der Waals surface area contributed by atoms with Gasteiger partial charge in [0.1, 0.15) is 12.4 Å². The molecule has 4 nitrogen and oxygen atoms in total. The molecule has 0 aliphatic carbocycles. The molecule has 0 unspecified atom stereocenters. The van der Waals surface area contributed by atoms with E-state index < -0.39 is 0 Å². The number of rotatable bonds is 6. The molecule has 22 heavy (non-hydrogen) atoms. The topological polar surface area (TPSA) is 45.7 Å². The highest BCUT2D eigenvalue weighted by molar-refractivity contribution is 7.07. The quantitative estimate of drug-likeness (QED) is 0.489. The number of ether oxygens (including phenoxy) is 1. The lowest BCUT2D eigenvalue weighted by Crippen LogP contribution is -2.38. The van der Waals surface area contributed by atoms with Crippen molar-refractivity contribution in [3.8, 4) is 5.75 Å². The average molecular weight is 317 g/mol. The molecule has 118 valence electrons. The van der Waals surface area contributed by atoms with Crippen molar-refractivity contribution >= 4 is 17.3 Å². The van der Waals surface area contributed by atoms with Crippen molar-refractivity contribution in [3.63, 3.8) is 0 Å². The number of para-hydroxylation sites is 1. The van der Waals surface area contributed by atoms with E-state index in [0.717, 1.165) is 18.3 Å². The van der Waals surface area contributed by atoms with Crippen molar-refractivity contribution in [2.24, 2.45) is 4.99 Å². The number of benzene rings is 1. The van der Waals surface area contributed by atoms with Crippen molar-refractivity contribution < 1.29 is 4.74 Å². The molecule has 1 aromatic heterocycles. The summed E-state index contributed by atoms with van der Waals surface area (Å²) < 4.78 is 5.87. The maximum Gasteiger partial charge on any atom is 0.191 e. The lowest BCUT2D eigenvalue weighted by Gasteiger charge is -2.14. The largest absolute Gasteiger partial charge is 0.491 e. The number of hydrogen-bond acceptors (Lipinski definition) is 3. The van der Waals surface area contributed by atoms with Gasteiger partial charge in [0, 0.05) is 13.6 Å². The van der Waals surface area contributed by atoms with E-state index >= 15 is 0 Å². The molecule has 2 N–H and O–H groups in total. The predicted octanol–water partition coefficient (Wildman–Crippen LogP) is 3.11. The van der Waals surface area contributed by atoms with Gasteiger partial charge in [-0.1, -0.05) is 18.2 Å². The highest BCUT2D eigenvalue weighted by Gasteiger charge is 2.03. The highest BCUT2D eigenvalue weighted by atomic mass is 32.1. The van der Waals surface area contributed by atoms with Gasteiger partial charge in [0.05, 0.1) is 6.54 Å². The zero-order valence-corrected chi connectivity index (χ0v) is 14.2. The summed E-state index contributed by atoms with van der Waals surface area (Å²) in [6, 6.07) is 8.29. The molecule has 5 heteroatoms. The monoisotopic (exact) mass is 317 g/mol. The van der Waals surface area contributed by atoms with Gasteiger partial charge in [-0.05, 0) is 47.4 Å². The van der Waals surface area contributed by atoms with Gasteiger partial charge in [0.2, 0.25) is 0 Å². The molecule has 0 aliphatic heterocycles. The van der Waals surface area contributed by atoms with Gasteiger partial charge < -0.3 is 15.4 Å². The SMILES string of the molecule is CN=C(NCCOc1c(C)cccc1C)NCc1ccsc1. The number of nitrogens with one attached hydrogen (secondary N) is 2. The van der Waals surface area contributed by atoms with E-state index in [-0.39, 0.29) is 0 Å². The molecule has 2 aromatic rings. The standard InChI is InChI=1S/C17H23N3OS/c1-13-5-4-6-14(2)16(13)21-9-8-19-17(18-3)20-11-15-7-10-22-12-15/h4-7,10,12H,8-9,11H2,1-3H3,(H2,18,19,20). The minimum absolute atomic E-state index is 0.602. The molecular formula is C17H23N3OS. The Morgan fingerprint density at radius 1 is 1.18 bits per heavy atom. The van der Waals surface area contributed by atoms with E-state index in [4.69, 9.17) is 4.74 Å². The van der Waals surface area contributed by atoms with Crippen molar-refractivity contribution in [3.05, 3.63) is 51.7 Å². The summed E-state index contributed by atoms with van der Waals surface area (Å²) in [5.41, 5.74) is 3.60. The van der Waals surface area contributed by atoms with Gasteiger partial charge in [-0.25, -0.2) is 0 Å². The normalized spacial score (nSPS) is 11.3. The Morgan fingerprint density at radius 2 is 1.95 bits per heavy atom. The number of aryl methyl sites for hydroxylation is 2. The van der Waals surface area contributed by atoms with E-state index in [0.29, 0.717) is 13.2 Å². The maximum atomic E-state index is 5.87. The molecule has 0 amide bonds. The van der Waals surface area contributed by atoms with Crippen molar-refractivity contribution in [1.29, 1.82) is 0 Å². The van der Waals surface area contributed by atoms with Crippen LogP contribution in [0.4, 0.5) is 0 Å². The lowest BCUT2D eigenvalue weighted by atomic mass is 10.1. The smallest absolute Gasteiger partial charge is 0.191 e. The summed E-state index contributed by atoms with van der Waals surface area (Å²) in [6.07, 6.45) is 0. The minimum atomic E-state index is 0.602. The minimum Gasteiger partial charge on any atom is -0.491 e. The first-order valence-corrected chi connectivity index (χ1v) is 8.29. The van der Waals surface area contributed by atoms with E-state index in [1.807, 2.05) is 6.07 Å². The van der Waals surface area contributed by atoms with Crippen LogP contribution in [-0.2, 0) is 6.54 Å². The van der Waals surface area contributed by atoms with Gasteiger partial charge >= 0.3 is 0 Å². The molecule has 0 fully saturated rings. The van der Waals surface area contributed by atoms with Crippen LogP contribution in [0.1, 0.15) is 16.7 Å². The Hall–Kier alpha value is -2.01. The summed E-state index contributed by atoms with van der Waals surface area (Å²) in [5.74, 6) is 1.77. The maximum absolute atomic E-state index is 5.87. The van der Waals surface area contributed by atoms with Gasteiger partial charge in [-0.3, -0.25) is 4.99 Å². The lowest BCUT2D eigenvalue weighted by molar-refractivity contribution is 0.317. The zero-order valence-electron chi connectivity index (χ0n) is 13.3. The first kappa shape index (κ1) is 16.4. The summed E-state index contributed by atoms with van der Waals surface area (Å²) >= 11 is 1.70. The molecular weight excluding hydrogens is 294 g/mol. The first-order chi connectivity index (χ1) is 10.7. The Bertz CT molecular complexity index is 588. The van der Waals surface area contributed by atoms with Gasteiger partial charge in [0.15, 0.2) is 5.96 Å². The van der Waals surface area contributed by atoms with Gasteiger partial charge in [-0.2, -0.15) is 11.3 Å². The third-order valence-corrected chi connectivity index (χ3v) is 4.05. The number of nitrogens with zero attached hydrogens (tertiary/aromatic N) is 1. The average Bonchev–Trinajstić information content (AvgIpc) is 3.02. The molecule has 0 bridgehead atoms. The second kappa shape index (κ2) is 8.44. The highest BCUT2D eigenvalue weighted by Crippen LogP contribution is 2.21. The first-order valence-electron chi connectivity index (χ1n) is 7.35. The molecule has 0 saturated carbocycles. The molecule has 0 saturated heterocycles. The predicted molar refractivity (Wildman–Crippen MR) is 93.9 cm³/mol. The van der Waals surface area contributed by atoms with Crippen LogP contribution in [0.15, 0.2) is 40.0 Å². The summed E-state index contributed by atoms with van der Waals surface area (Å²) in [7, 11) is 1.77. The Labute approximate surface area is 136 Å². The van der Waals surface area contributed by atoms with Crippen LogP contribution in [0, 0.1) is 13.8 Å². The molecule has 0 aliphatic rings. The summed E-state index contributed by atoms with van der Waals surface area (Å²) in [5, 5.41) is 10.7. The van der Waals surface area contributed by atoms with Gasteiger partial charge in [0.25, 0.3) is 0 Å². The van der Waals surface area contributed by atoms with Crippen molar-refractivity contribution in [1.82, 2.24) is 10.6 Å². The number of hydrogen-bond donors (Lipinski definition) is 2. The van der Waals surface area contributed by atoms with Crippen LogP contribution in [-0.4, -0.2) is 26.2 Å². The third-order valence-electron chi connectivity index (χ3n) is 3.31. The van der Waals surface area contributed by atoms with E-state index in [9.17, 15) is 0 Å². The van der Waals surface area contributed by atoms with Crippen LogP contribution in [0.3, 0.4) is 0 Å². The summed E-state index contributed by atoms with van der Waals surface area (Å²) in [4.78, 5) is 4.21. The number of aliphatic imine (C=N–C) groups is 1. The fourth-order valence-corrected chi connectivity index (χ4v) is 2.82. The number of guanidine groups is 1. The van der Waals surface area contributed by atoms with E-state index in [1.165, 1.54) is 16.7 Å². The van der Waals surface area contributed by atoms with Crippen molar-refractivity contribution in [2.75, 3.05) is 20.2 Å². The van der Waals surface area contributed by atoms with Gasteiger partial charge in [-0.15, -0.1) is 0 Å². The zero-order chi connectivity index (χ0) is 15.8. The molecule has 0 radical (unpaired) electrons. The van der Waals surface area contributed by atoms with Crippen LogP contribution in [0.2, 0.25) is 0 Å². The van der Waals surface area contributed by atoms with Crippen LogP contribution in [0.5, 0.6) is 5.75 Å². The summed E-state index contributed by atoms with van der Waals surface area (Å²) in [6.45, 7) is 6.22. The second-order valence-electron chi connectivity index (χ2n) is 5.05. The fourth-order valence-electron chi connectivity index (χ4n) is 2.15. The van der Waals surface area contributed by atoms with Crippen molar-refractivity contribution in [2.45, 2.75) is 20.4 Å². The molecule has 0 atom stereocenters. The second-order valence-corrected chi connectivity index (χ2v) is 5.83.